The Bertz CT molecular complexity index is 1540. The number of hydrogen-bond donors (Lipinski definition) is 2. The molecule has 12 heteroatoms. The lowest BCUT2D eigenvalue weighted by atomic mass is 9.97. The van der Waals surface area contributed by atoms with Crippen molar-refractivity contribution >= 4 is 27.6 Å². The smallest absolute Gasteiger partial charge is 0.268 e. The summed E-state index contributed by atoms with van der Waals surface area (Å²) >= 11 is 0. The van der Waals surface area contributed by atoms with Gasteiger partial charge in [-0.2, -0.15) is 0 Å². The number of nitrogen functional groups attached to an aromatic ring is 1. The molecule has 0 radical (unpaired) electrons. The van der Waals surface area contributed by atoms with Crippen molar-refractivity contribution in [2.75, 3.05) is 30.4 Å². The number of sulfonamides is 1. The maximum Gasteiger partial charge on any atom is 0.268 e. The number of hydrogen-bond acceptors (Lipinski definition) is 10. The van der Waals surface area contributed by atoms with E-state index in [1.165, 1.54) is 18.3 Å². The monoisotopic (exact) mass is 588 g/mol. The molecule has 11 nitrogen and oxygen atoms in total. The van der Waals surface area contributed by atoms with E-state index in [0.29, 0.717) is 43.1 Å². The molecular weight excluding hydrogens is 544 g/mol. The van der Waals surface area contributed by atoms with Gasteiger partial charge in [0.25, 0.3) is 15.9 Å². The molecular formula is C29H44N6O5S. The molecule has 226 valence electrons. The van der Waals surface area contributed by atoms with Gasteiger partial charge in [-0.25, -0.2) is 28.1 Å². The van der Waals surface area contributed by atoms with Gasteiger partial charge in [-0.05, 0) is 77.3 Å². The molecule has 1 atom stereocenters. The molecule has 0 unspecified atom stereocenters. The number of carbonyl (C=O) groups excluding carboxylic acids is 1. The molecule has 41 heavy (non-hydrogen) atoms. The summed E-state index contributed by atoms with van der Waals surface area (Å²) in [4.78, 5) is 28.5. The van der Waals surface area contributed by atoms with Gasteiger partial charge in [-0.15, -0.1) is 0 Å². The van der Waals surface area contributed by atoms with Gasteiger partial charge in [0.1, 0.15) is 23.1 Å². The third-order valence-corrected chi connectivity index (χ3v) is 8.24. The van der Waals surface area contributed by atoms with Gasteiger partial charge in [0.15, 0.2) is 0 Å². The van der Waals surface area contributed by atoms with E-state index >= 15 is 0 Å². The number of pyridine rings is 3. The van der Waals surface area contributed by atoms with Crippen LogP contribution in [0.3, 0.4) is 0 Å². The fourth-order valence-corrected chi connectivity index (χ4v) is 6.14. The average Bonchev–Trinajstić information content (AvgIpc) is 3.18. The van der Waals surface area contributed by atoms with E-state index in [9.17, 15) is 13.2 Å². The van der Waals surface area contributed by atoms with Crippen molar-refractivity contribution in [1.29, 1.82) is 0 Å². The van der Waals surface area contributed by atoms with Crippen LogP contribution in [0.15, 0.2) is 47.6 Å². The molecule has 1 amide bonds. The van der Waals surface area contributed by atoms with E-state index in [1.54, 1.807) is 18.3 Å². The number of anilines is 2. The lowest BCUT2D eigenvalue weighted by molar-refractivity contribution is 0.0541. The second-order valence-electron chi connectivity index (χ2n) is 11.2. The lowest BCUT2D eigenvalue weighted by Crippen LogP contribution is -2.41. The Balaban J connectivity index is 0.00000323. The number of carbonyl (C=O) groups is 1. The van der Waals surface area contributed by atoms with Crippen LogP contribution in [0.2, 0.25) is 0 Å². The van der Waals surface area contributed by atoms with Crippen molar-refractivity contribution in [3.63, 3.8) is 0 Å². The normalized spacial score (nSPS) is 16.7. The molecule has 3 aromatic rings. The number of aromatic nitrogens is 3. The third-order valence-electron chi connectivity index (χ3n) is 6.86. The first-order chi connectivity index (χ1) is 19.3. The van der Waals surface area contributed by atoms with E-state index in [4.69, 9.17) is 20.2 Å². The van der Waals surface area contributed by atoms with Crippen LogP contribution in [0.1, 0.15) is 61.2 Å². The topological polar surface area (TPSA) is 150 Å². The minimum absolute atomic E-state index is 0. The van der Waals surface area contributed by atoms with Crippen LogP contribution in [-0.2, 0) is 14.8 Å². The maximum atomic E-state index is 13.5. The molecule has 1 saturated heterocycles. The molecule has 1 aliphatic rings. The Morgan fingerprint density at radius 3 is 2.63 bits per heavy atom. The van der Waals surface area contributed by atoms with E-state index in [2.05, 4.69) is 40.4 Å². The van der Waals surface area contributed by atoms with E-state index in [0.717, 1.165) is 17.5 Å². The van der Waals surface area contributed by atoms with Crippen molar-refractivity contribution in [2.24, 2.45) is 5.92 Å². The first kappa shape index (κ1) is 30.2. The summed E-state index contributed by atoms with van der Waals surface area (Å²) in [5.41, 5.74) is 7.76. The van der Waals surface area contributed by atoms with Crippen molar-refractivity contribution < 1.29 is 27.0 Å². The Kier molecular flexibility index (Phi) is 8.83. The Hall–Kier alpha value is -3.77. The number of nitrogens with two attached hydrogens (primary N) is 1. The summed E-state index contributed by atoms with van der Waals surface area (Å²) in [6.45, 7) is 13.6. The van der Waals surface area contributed by atoms with Gasteiger partial charge in [-0.3, -0.25) is 4.79 Å². The molecule has 0 saturated carbocycles. The average molecular weight is 589 g/mol. The first-order valence-electron chi connectivity index (χ1n) is 13.6. The van der Waals surface area contributed by atoms with Crippen LogP contribution >= 0.6 is 0 Å². The Morgan fingerprint density at radius 1 is 1.24 bits per heavy atom. The molecule has 0 spiro atoms. The van der Waals surface area contributed by atoms with Gasteiger partial charge in [-0.1, -0.05) is 6.92 Å². The number of rotatable bonds is 10. The predicted octanol–water partition coefficient (Wildman–Crippen LogP) is 4.71. The SMILES string of the molecule is Cc1cc(-c2ccc(C(=O)NS(=O)(=O)c3cccnc3N)c(N3C[C@@H](C)CC3(C)C)n2)cnc1OCCOC(C)C.[HH].[HH].[HH]. The summed E-state index contributed by atoms with van der Waals surface area (Å²) in [6, 6.07) is 7.94. The zero-order chi connectivity index (χ0) is 29.9. The number of amides is 1. The summed E-state index contributed by atoms with van der Waals surface area (Å²) in [6.07, 6.45) is 4.06. The molecule has 0 bridgehead atoms. The molecule has 0 aromatic carbocycles. The zero-order valence-electron chi connectivity index (χ0n) is 24.3. The first-order valence-corrected chi connectivity index (χ1v) is 15.0. The van der Waals surface area contributed by atoms with E-state index < -0.39 is 15.9 Å². The minimum atomic E-state index is -4.27. The Labute approximate surface area is 246 Å². The summed E-state index contributed by atoms with van der Waals surface area (Å²) in [5.74, 6) is 0.252. The molecule has 3 N–H and O–H groups in total. The van der Waals surface area contributed by atoms with Gasteiger partial charge in [0.2, 0.25) is 5.88 Å². The van der Waals surface area contributed by atoms with Crippen molar-refractivity contribution in [3.05, 3.63) is 53.9 Å². The summed E-state index contributed by atoms with van der Waals surface area (Å²) in [7, 11) is -4.27. The molecule has 0 aliphatic carbocycles. The third kappa shape index (κ3) is 6.94. The van der Waals surface area contributed by atoms with Gasteiger partial charge in [0.05, 0.1) is 24.0 Å². The van der Waals surface area contributed by atoms with Crippen molar-refractivity contribution in [2.45, 2.75) is 64.5 Å². The highest BCUT2D eigenvalue weighted by Crippen LogP contribution is 2.38. The van der Waals surface area contributed by atoms with Crippen LogP contribution in [-0.4, -0.2) is 60.7 Å². The summed E-state index contributed by atoms with van der Waals surface area (Å²) < 4.78 is 39.5. The Morgan fingerprint density at radius 2 is 2.00 bits per heavy atom. The standard InChI is InChI=1S/C29H38N6O5S.3H2/c1-18(2)39-12-13-40-28-20(4)14-21(16-32-28)23-10-9-22(26(33-23)35-17-19(3)15-29(35,5)6)27(36)34-41(37,38)24-8-7-11-31-25(24)30;;;/h7-11,14,16,18-19H,12-13,15,17H2,1-6H3,(H2,30,31)(H,34,36);3*1H/t19-;;;/m0.../s1. The highest BCUT2D eigenvalue weighted by Gasteiger charge is 2.39. The number of ether oxygens (including phenoxy) is 2. The summed E-state index contributed by atoms with van der Waals surface area (Å²) in [5, 5.41) is 0. The van der Waals surface area contributed by atoms with Crippen LogP contribution in [0, 0.1) is 12.8 Å². The second kappa shape index (κ2) is 12.0. The fraction of sp³-hybridized carbons (Fsp3) is 0.448. The molecule has 4 rings (SSSR count). The number of nitrogens with one attached hydrogen (secondary N) is 1. The van der Waals surface area contributed by atoms with Gasteiger partial charge < -0.3 is 20.1 Å². The highest BCUT2D eigenvalue weighted by atomic mass is 32.2. The molecule has 1 aliphatic heterocycles. The van der Waals surface area contributed by atoms with Crippen molar-refractivity contribution in [1.82, 2.24) is 19.7 Å². The fourth-order valence-electron chi connectivity index (χ4n) is 5.09. The quantitative estimate of drug-likeness (QED) is 0.319. The molecule has 1 fully saturated rings. The van der Waals surface area contributed by atoms with Crippen LogP contribution < -0.4 is 20.1 Å². The minimum Gasteiger partial charge on any atom is -0.475 e. The lowest BCUT2D eigenvalue weighted by Gasteiger charge is -2.34. The second-order valence-corrected chi connectivity index (χ2v) is 12.9. The maximum absolute atomic E-state index is 13.5. The zero-order valence-corrected chi connectivity index (χ0v) is 25.2. The number of aryl methyl sites for hydroxylation is 1. The van der Waals surface area contributed by atoms with Crippen LogP contribution in [0.5, 0.6) is 5.88 Å². The van der Waals surface area contributed by atoms with Gasteiger partial charge >= 0.3 is 0 Å². The highest BCUT2D eigenvalue weighted by molar-refractivity contribution is 7.90. The molecule has 3 aromatic heterocycles. The van der Waals surface area contributed by atoms with Crippen LogP contribution in [0.25, 0.3) is 11.3 Å². The van der Waals surface area contributed by atoms with E-state index in [-0.39, 0.29) is 32.2 Å². The van der Waals surface area contributed by atoms with E-state index in [1.807, 2.05) is 26.8 Å². The van der Waals surface area contributed by atoms with Crippen LogP contribution in [0.4, 0.5) is 11.6 Å². The van der Waals surface area contributed by atoms with Crippen molar-refractivity contribution in [3.8, 4) is 17.1 Å². The van der Waals surface area contributed by atoms with Gasteiger partial charge in [0, 0.05) is 39.9 Å². The number of nitrogens with zero attached hydrogens (tertiary/aromatic N) is 4. The predicted molar refractivity (Wildman–Crippen MR) is 164 cm³/mol. The molecule has 4 heterocycles. The largest absolute Gasteiger partial charge is 0.475 e.